The zero-order chi connectivity index (χ0) is 11.4. The lowest BCUT2D eigenvalue weighted by Crippen LogP contribution is -2.48. The van der Waals surface area contributed by atoms with Gasteiger partial charge in [-0.3, -0.25) is 4.79 Å². The van der Waals surface area contributed by atoms with Gasteiger partial charge in [-0.2, -0.15) is 11.3 Å². The zero-order valence-electron chi connectivity index (χ0n) is 9.50. The molecule has 0 saturated carbocycles. The SMILES string of the molecule is Cl.NCC1CN(C(=O)Cc2ccsc2)CCO1. The van der Waals surface area contributed by atoms with Crippen molar-refractivity contribution in [2.45, 2.75) is 12.5 Å². The van der Waals surface area contributed by atoms with Crippen LogP contribution < -0.4 is 5.73 Å². The Bertz CT molecular complexity index is 345. The molecule has 1 amide bonds. The monoisotopic (exact) mass is 276 g/mol. The van der Waals surface area contributed by atoms with Crippen molar-refractivity contribution in [1.29, 1.82) is 0 Å². The molecule has 0 aliphatic carbocycles. The van der Waals surface area contributed by atoms with Crippen LogP contribution in [-0.2, 0) is 16.0 Å². The Labute approximate surface area is 111 Å². The Kier molecular flexibility index (Phi) is 5.91. The number of amides is 1. The van der Waals surface area contributed by atoms with Crippen LogP contribution in [-0.4, -0.2) is 43.2 Å². The van der Waals surface area contributed by atoms with Crippen molar-refractivity contribution in [3.05, 3.63) is 22.4 Å². The number of halogens is 1. The highest BCUT2D eigenvalue weighted by Crippen LogP contribution is 2.10. The van der Waals surface area contributed by atoms with Crippen molar-refractivity contribution in [3.63, 3.8) is 0 Å². The lowest BCUT2D eigenvalue weighted by Gasteiger charge is -2.32. The van der Waals surface area contributed by atoms with E-state index in [1.807, 2.05) is 21.7 Å². The predicted molar refractivity (Wildman–Crippen MR) is 70.6 cm³/mol. The molecule has 0 spiro atoms. The first-order chi connectivity index (χ1) is 7.79. The first kappa shape index (κ1) is 14.4. The second kappa shape index (κ2) is 6.96. The second-order valence-electron chi connectivity index (χ2n) is 3.88. The topological polar surface area (TPSA) is 55.6 Å². The molecule has 0 radical (unpaired) electrons. The molecule has 6 heteroatoms. The average molecular weight is 277 g/mol. The van der Waals surface area contributed by atoms with Crippen LogP contribution in [0.1, 0.15) is 5.56 Å². The van der Waals surface area contributed by atoms with Gasteiger partial charge < -0.3 is 15.4 Å². The number of nitrogens with two attached hydrogens (primary N) is 1. The number of carbonyl (C=O) groups excluding carboxylic acids is 1. The number of ether oxygens (including phenoxy) is 1. The minimum atomic E-state index is 0. The van der Waals surface area contributed by atoms with E-state index in [1.165, 1.54) is 0 Å². The fraction of sp³-hybridized carbons (Fsp3) is 0.545. The van der Waals surface area contributed by atoms with Gasteiger partial charge in [-0.15, -0.1) is 12.4 Å². The van der Waals surface area contributed by atoms with Gasteiger partial charge in [0.2, 0.25) is 5.91 Å². The molecule has 4 nitrogen and oxygen atoms in total. The van der Waals surface area contributed by atoms with Gasteiger partial charge in [0.05, 0.1) is 19.1 Å². The van der Waals surface area contributed by atoms with Gasteiger partial charge in [-0.05, 0) is 22.4 Å². The van der Waals surface area contributed by atoms with E-state index >= 15 is 0 Å². The summed E-state index contributed by atoms with van der Waals surface area (Å²) in [6.45, 7) is 2.37. The molecular weight excluding hydrogens is 260 g/mol. The van der Waals surface area contributed by atoms with E-state index in [0.717, 1.165) is 5.56 Å². The van der Waals surface area contributed by atoms with Gasteiger partial charge in [0, 0.05) is 19.6 Å². The van der Waals surface area contributed by atoms with Crippen molar-refractivity contribution < 1.29 is 9.53 Å². The normalized spacial score (nSPS) is 19.8. The summed E-state index contributed by atoms with van der Waals surface area (Å²) in [4.78, 5) is 13.8. The van der Waals surface area contributed by atoms with Crippen LogP contribution in [0.15, 0.2) is 16.8 Å². The number of hydrogen-bond acceptors (Lipinski definition) is 4. The van der Waals surface area contributed by atoms with Crippen molar-refractivity contribution in [3.8, 4) is 0 Å². The van der Waals surface area contributed by atoms with Crippen LogP contribution in [0.5, 0.6) is 0 Å². The van der Waals surface area contributed by atoms with E-state index in [1.54, 1.807) is 11.3 Å². The zero-order valence-corrected chi connectivity index (χ0v) is 11.1. The maximum atomic E-state index is 12.0. The number of hydrogen-bond donors (Lipinski definition) is 1. The molecular formula is C11H17ClN2O2S. The van der Waals surface area contributed by atoms with E-state index in [-0.39, 0.29) is 24.4 Å². The molecule has 0 bridgehead atoms. The summed E-state index contributed by atoms with van der Waals surface area (Å²) in [6.07, 6.45) is 0.487. The maximum Gasteiger partial charge on any atom is 0.227 e. The maximum absolute atomic E-state index is 12.0. The summed E-state index contributed by atoms with van der Waals surface area (Å²) in [6, 6.07) is 1.99. The summed E-state index contributed by atoms with van der Waals surface area (Å²) in [7, 11) is 0. The fourth-order valence-electron chi connectivity index (χ4n) is 1.77. The Morgan fingerprint density at radius 2 is 2.47 bits per heavy atom. The van der Waals surface area contributed by atoms with Crippen molar-refractivity contribution in [2.24, 2.45) is 5.73 Å². The molecule has 1 aliphatic rings. The lowest BCUT2D eigenvalue weighted by atomic mass is 10.2. The van der Waals surface area contributed by atoms with Crippen LogP contribution in [0.3, 0.4) is 0 Å². The number of nitrogens with zero attached hydrogens (tertiary/aromatic N) is 1. The van der Waals surface area contributed by atoms with E-state index < -0.39 is 0 Å². The summed E-state index contributed by atoms with van der Waals surface area (Å²) < 4.78 is 5.43. The quantitative estimate of drug-likeness (QED) is 0.892. The summed E-state index contributed by atoms with van der Waals surface area (Å²) in [5, 5.41) is 4.00. The molecule has 17 heavy (non-hydrogen) atoms. The minimum Gasteiger partial charge on any atom is -0.373 e. The van der Waals surface area contributed by atoms with E-state index in [0.29, 0.717) is 32.7 Å². The molecule has 1 aliphatic heterocycles. The van der Waals surface area contributed by atoms with Gasteiger partial charge in [-0.25, -0.2) is 0 Å². The predicted octanol–water partition coefficient (Wildman–Crippen LogP) is 0.898. The molecule has 2 heterocycles. The van der Waals surface area contributed by atoms with Crippen LogP contribution in [0.4, 0.5) is 0 Å². The third-order valence-electron chi connectivity index (χ3n) is 2.69. The Hall–Kier alpha value is -0.620. The van der Waals surface area contributed by atoms with Crippen molar-refractivity contribution >= 4 is 29.7 Å². The number of thiophene rings is 1. The van der Waals surface area contributed by atoms with Gasteiger partial charge in [-0.1, -0.05) is 0 Å². The standard InChI is InChI=1S/C11H16N2O2S.ClH/c12-6-10-7-13(2-3-15-10)11(14)5-9-1-4-16-8-9;/h1,4,8,10H,2-3,5-7,12H2;1H. The highest BCUT2D eigenvalue weighted by molar-refractivity contribution is 7.07. The molecule has 2 rings (SSSR count). The first-order valence-corrected chi connectivity index (χ1v) is 6.34. The van der Waals surface area contributed by atoms with Gasteiger partial charge in [0.25, 0.3) is 0 Å². The molecule has 2 N–H and O–H groups in total. The smallest absolute Gasteiger partial charge is 0.227 e. The third-order valence-corrected chi connectivity index (χ3v) is 3.42. The van der Waals surface area contributed by atoms with Gasteiger partial charge in [0.1, 0.15) is 0 Å². The Morgan fingerprint density at radius 1 is 1.65 bits per heavy atom. The molecule has 1 unspecified atom stereocenters. The fourth-order valence-corrected chi connectivity index (χ4v) is 2.44. The van der Waals surface area contributed by atoms with Crippen LogP contribution >= 0.6 is 23.7 Å². The molecule has 1 atom stereocenters. The first-order valence-electron chi connectivity index (χ1n) is 5.40. The summed E-state index contributed by atoms with van der Waals surface area (Å²) in [5.74, 6) is 0.167. The number of rotatable bonds is 3. The van der Waals surface area contributed by atoms with Gasteiger partial charge in [0.15, 0.2) is 0 Å². The summed E-state index contributed by atoms with van der Waals surface area (Å²) >= 11 is 1.62. The highest BCUT2D eigenvalue weighted by Gasteiger charge is 2.23. The van der Waals surface area contributed by atoms with E-state index in [4.69, 9.17) is 10.5 Å². The molecule has 1 saturated heterocycles. The molecule has 0 aromatic carbocycles. The van der Waals surface area contributed by atoms with Crippen molar-refractivity contribution in [2.75, 3.05) is 26.2 Å². The Balaban J connectivity index is 0.00000144. The van der Waals surface area contributed by atoms with Gasteiger partial charge >= 0.3 is 0 Å². The highest BCUT2D eigenvalue weighted by atomic mass is 35.5. The minimum absolute atomic E-state index is 0. The third kappa shape index (κ3) is 3.96. The number of morpholine rings is 1. The number of carbonyl (C=O) groups is 1. The van der Waals surface area contributed by atoms with Crippen LogP contribution in [0.2, 0.25) is 0 Å². The van der Waals surface area contributed by atoms with Crippen molar-refractivity contribution in [1.82, 2.24) is 4.90 Å². The molecule has 1 aromatic rings. The molecule has 96 valence electrons. The van der Waals surface area contributed by atoms with E-state index in [9.17, 15) is 4.79 Å². The van der Waals surface area contributed by atoms with Crippen LogP contribution in [0, 0.1) is 0 Å². The molecule has 1 aromatic heterocycles. The molecule has 1 fully saturated rings. The average Bonchev–Trinajstić information content (AvgIpc) is 2.82. The largest absolute Gasteiger partial charge is 0.373 e. The van der Waals surface area contributed by atoms with Crippen LogP contribution in [0.25, 0.3) is 0 Å². The lowest BCUT2D eigenvalue weighted by molar-refractivity contribution is -0.137. The van der Waals surface area contributed by atoms with E-state index in [2.05, 4.69) is 0 Å². The Morgan fingerprint density at radius 3 is 3.12 bits per heavy atom. The second-order valence-corrected chi connectivity index (χ2v) is 4.66. The summed E-state index contributed by atoms with van der Waals surface area (Å²) in [5.41, 5.74) is 6.63.